The summed E-state index contributed by atoms with van der Waals surface area (Å²) in [5, 5.41) is 0. The van der Waals surface area contributed by atoms with Crippen LogP contribution in [-0.2, 0) is 19.4 Å². The lowest BCUT2D eigenvalue weighted by Gasteiger charge is -2.17. The van der Waals surface area contributed by atoms with Crippen LogP contribution in [0.2, 0.25) is 0 Å². The van der Waals surface area contributed by atoms with Crippen molar-refractivity contribution < 1.29 is 44.9 Å². The van der Waals surface area contributed by atoms with Gasteiger partial charge in [0.05, 0.1) is 26.6 Å². The SMILES string of the molecule is COc1cc(C(C)C)c(Oc2cnc(N)nc2N)cc1S(=O)(=O)O.COc1ccc(Oc2cnc(N)nc2N)c(C(C)C)c1.Cl.O=S(=O)(O)Cl. The molecule has 50 heavy (non-hydrogen) atoms. The monoisotopic (exact) mass is 780 g/mol. The molecule has 22 heteroatoms. The number of ether oxygens (including phenoxy) is 4. The Labute approximate surface area is 299 Å². The Hall–Kier alpha value is -4.60. The Kier molecular flexibility index (Phi) is 16.0. The molecular weight excluding hydrogens is 743 g/mol. The molecular formula is C28H38Cl2N8O10S2. The van der Waals surface area contributed by atoms with E-state index in [-0.39, 0.29) is 65.0 Å². The van der Waals surface area contributed by atoms with E-state index in [4.69, 9.17) is 54.9 Å². The number of hydrogen-bond donors (Lipinski definition) is 6. The van der Waals surface area contributed by atoms with Crippen molar-refractivity contribution >= 4 is 66.1 Å². The van der Waals surface area contributed by atoms with Crippen molar-refractivity contribution in [1.82, 2.24) is 19.9 Å². The molecule has 2 aromatic carbocycles. The summed E-state index contributed by atoms with van der Waals surface area (Å²) in [6.45, 7) is 7.92. The molecule has 0 aliphatic rings. The molecule has 0 radical (unpaired) electrons. The predicted molar refractivity (Wildman–Crippen MR) is 190 cm³/mol. The second-order valence-corrected chi connectivity index (χ2v) is 13.7. The molecule has 0 aliphatic heterocycles. The minimum absolute atomic E-state index is 0. The number of nitrogen functional groups attached to an aromatic ring is 4. The summed E-state index contributed by atoms with van der Waals surface area (Å²) in [7, 11) is -1.71. The van der Waals surface area contributed by atoms with Gasteiger partial charge in [-0.1, -0.05) is 27.7 Å². The Morgan fingerprint density at radius 1 is 0.680 bits per heavy atom. The average Bonchev–Trinajstić information content (AvgIpc) is 2.98. The third kappa shape index (κ3) is 13.4. The van der Waals surface area contributed by atoms with Crippen molar-refractivity contribution in [2.75, 3.05) is 37.2 Å². The van der Waals surface area contributed by atoms with E-state index in [1.807, 2.05) is 32.0 Å². The van der Waals surface area contributed by atoms with E-state index in [1.165, 1.54) is 31.6 Å². The Bertz CT molecular complexity index is 1980. The van der Waals surface area contributed by atoms with Crippen molar-refractivity contribution in [1.29, 1.82) is 0 Å². The molecule has 4 aromatic rings. The van der Waals surface area contributed by atoms with Gasteiger partial charge in [-0.15, -0.1) is 12.4 Å². The van der Waals surface area contributed by atoms with E-state index in [9.17, 15) is 13.0 Å². The molecule has 0 amide bonds. The first kappa shape index (κ1) is 43.4. The molecule has 0 saturated carbocycles. The van der Waals surface area contributed by atoms with Crippen LogP contribution in [0.4, 0.5) is 23.5 Å². The molecule has 0 saturated heterocycles. The molecule has 0 spiro atoms. The highest BCUT2D eigenvalue weighted by Gasteiger charge is 2.23. The van der Waals surface area contributed by atoms with Gasteiger partial charge < -0.3 is 41.9 Å². The second kappa shape index (κ2) is 18.4. The van der Waals surface area contributed by atoms with Crippen LogP contribution in [0.15, 0.2) is 47.6 Å². The molecule has 0 fully saturated rings. The van der Waals surface area contributed by atoms with Gasteiger partial charge in [0.15, 0.2) is 23.1 Å². The average molecular weight is 782 g/mol. The third-order valence-electron chi connectivity index (χ3n) is 6.08. The second-order valence-electron chi connectivity index (χ2n) is 10.3. The smallest absolute Gasteiger partial charge is 0.353 e. The molecule has 276 valence electrons. The predicted octanol–water partition coefficient (Wildman–Crippen LogP) is 4.83. The van der Waals surface area contributed by atoms with Gasteiger partial charge in [-0.25, -0.2) is 9.97 Å². The fourth-order valence-electron chi connectivity index (χ4n) is 3.85. The molecule has 10 N–H and O–H groups in total. The maximum atomic E-state index is 11.6. The zero-order chi connectivity index (χ0) is 37.3. The number of halogens is 2. The fraction of sp³-hybridized carbons (Fsp3) is 0.286. The lowest BCUT2D eigenvalue weighted by molar-refractivity contribution is 0.392. The summed E-state index contributed by atoms with van der Waals surface area (Å²) >= 11 is 0. The summed E-state index contributed by atoms with van der Waals surface area (Å²) in [6.07, 6.45) is 2.74. The lowest BCUT2D eigenvalue weighted by atomic mass is 10.0. The number of anilines is 4. The number of nitrogens with two attached hydrogens (primary N) is 4. The van der Waals surface area contributed by atoms with Crippen LogP contribution in [0.1, 0.15) is 50.7 Å². The normalized spacial score (nSPS) is 10.9. The Balaban J connectivity index is 0.000000438. The first-order chi connectivity index (χ1) is 22.6. The summed E-state index contributed by atoms with van der Waals surface area (Å²) < 4.78 is 79.4. The number of aromatic nitrogens is 4. The van der Waals surface area contributed by atoms with Gasteiger partial charge in [0.1, 0.15) is 27.9 Å². The maximum Gasteiger partial charge on any atom is 0.353 e. The molecule has 18 nitrogen and oxygen atoms in total. The van der Waals surface area contributed by atoms with E-state index in [0.717, 1.165) is 11.3 Å². The van der Waals surface area contributed by atoms with Gasteiger partial charge in [-0.05, 0) is 36.1 Å². The first-order valence-corrected chi connectivity index (χ1v) is 17.5. The first-order valence-electron chi connectivity index (χ1n) is 13.8. The van der Waals surface area contributed by atoms with E-state index in [0.29, 0.717) is 17.1 Å². The standard InChI is InChI=1S/C14H18N4O5S.C14H18N4O2.ClHO3S.ClH/c1-7(2)8-4-10(22-3)12(24(19,20)21)5-9(8)23-11-6-17-14(16)18-13(11)15;1-8(2)10-6-9(19-3)4-5-11(10)20-12-7-17-14(16)18-13(12)15;1-5(2,3)4;/h4-7H,1-3H3,(H,19,20,21)(H4,15,16,17,18);4-8H,1-3H3,(H4,15,16,17,18);(H,2,3,4);1H. The van der Waals surface area contributed by atoms with Crippen molar-refractivity contribution in [2.24, 2.45) is 0 Å². The topological polar surface area (TPSA) is 301 Å². The van der Waals surface area contributed by atoms with Crippen LogP contribution in [-0.4, -0.2) is 60.1 Å². The van der Waals surface area contributed by atoms with E-state index in [2.05, 4.69) is 44.5 Å². The number of nitrogens with zero attached hydrogens (tertiary/aromatic N) is 4. The van der Waals surface area contributed by atoms with Gasteiger partial charge in [0.2, 0.25) is 11.9 Å². The molecule has 0 aliphatic carbocycles. The summed E-state index contributed by atoms with van der Waals surface area (Å²) in [5.41, 5.74) is 24.1. The zero-order valence-electron chi connectivity index (χ0n) is 27.6. The summed E-state index contributed by atoms with van der Waals surface area (Å²) in [5.74, 6) is 2.72. The van der Waals surface area contributed by atoms with Crippen molar-refractivity contribution in [3.63, 3.8) is 0 Å². The number of benzene rings is 2. The van der Waals surface area contributed by atoms with E-state index < -0.39 is 24.3 Å². The van der Waals surface area contributed by atoms with E-state index in [1.54, 1.807) is 7.11 Å². The fourth-order valence-corrected chi connectivity index (χ4v) is 4.50. The molecule has 4 rings (SSSR count). The van der Waals surface area contributed by atoms with Crippen molar-refractivity contribution in [3.8, 4) is 34.5 Å². The number of methoxy groups -OCH3 is 2. The van der Waals surface area contributed by atoms with Gasteiger partial charge in [-0.3, -0.25) is 9.11 Å². The van der Waals surface area contributed by atoms with Gasteiger partial charge in [0.25, 0.3) is 10.1 Å². The highest BCUT2D eigenvalue weighted by atomic mass is 35.7. The molecule has 0 atom stereocenters. The van der Waals surface area contributed by atoms with E-state index >= 15 is 0 Å². The van der Waals surface area contributed by atoms with Crippen molar-refractivity contribution in [3.05, 3.63) is 53.9 Å². The van der Waals surface area contributed by atoms with Crippen LogP contribution < -0.4 is 41.9 Å². The highest BCUT2D eigenvalue weighted by Crippen LogP contribution is 2.39. The quantitative estimate of drug-likeness (QED) is 0.0978. The number of hydrogen-bond acceptors (Lipinski definition) is 16. The minimum atomic E-state index is -4.51. The van der Waals surface area contributed by atoms with Gasteiger partial charge in [-0.2, -0.15) is 26.8 Å². The van der Waals surface area contributed by atoms with Crippen LogP contribution in [0.5, 0.6) is 34.5 Å². The molecule has 2 heterocycles. The Morgan fingerprint density at radius 2 is 1.12 bits per heavy atom. The Morgan fingerprint density at radius 3 is 1.50 bits per heavy atom. The van der Waals surface area contributed by atoms with Gasteiger partial charge in [0, 0.05) is 27.9 Å². The summed E-state index contributed by atoms with van der Waals surface area (Å²) in [6, 6.07) is 8.25. The minimum Gasteiger partial charge on any atom is -0.497 e. The molecule has 0 unspecified atom stereocenters. The third-order valence-corrected chi connectivity index (χ3v) is 6.95. The van der Waals surface area contributed by atoms with Crippen LogP contribution >= 0.6 is 23.1 Å². The molecule has 0 bridgehead atoms. The largest absolute Gasteiger partial charge is 0.497 e. The van der Waals surface area contributed by atoms with Crippen molar-refractivity contribution in [2.45, 2.75) is 44.4 Å². The lowest BCUT2D eigenvalue weighted by Crippen LogP contribution is -2.06. The zero-order valence-corrected chi connectivity index (χ0v) is 30.8. The van der Waals surface area contributed by atoms with Crippen LogP contribution in [0.3, 0.4) is 0 Å². The number of rotatable bonds is 9. The highest BCUT2D eigenvalue weighted by molar-refractivity contribution is 8.09. The van der Waals surface area contributed by atoms with Gasteiger partial charge >= 0.3 is 9.33 Å². The summed E-state index contributed by atoms with van der Waals surface area (Å²) in [4.78, 5) is 14.9. The van der Waals surface area contributed by atoms with Crippen LogP contribution in [0, 0.1) is 0 Å². The molecule has 2 aromatic heterocycles. The maximum absolute atomic E-state index is 11.6. The van der Waals surface area contributed by atoms with Crippen LogP contribution in [0.25, 0.3) is 0 Å².